The number of hydrogen-bond donors (Lipinski definition) is 1. The number of rotatable bonds is 6. The fraction of sp³-hybridized carbons (Fsp3) is 0.148. The second kappa shape index (κ2) is 10.4. The molecule has 0 fully saturated rings. The normalized spacial score (nSPS) is 15.2. The average molecular weight is 627 g/mol. The summed E-state index contributed by atoms with van der Waals surface area (Å²) in [6.45, 7) is 1.77. The summed E-state index contributed by atoms with van der Waals surface area (Å²) in [7, 11) is 3.11. The van der Waals surface area contributed by atoms with Crippen LogP contribution in [0.2, 0.25) is 0 Å². The molecule has 0 saturated heterocycles. The first-order valence-electron chi connectivity index (χ1n) is 11.3. The van der Waals surface area contributed by atoms with Crippen molar-refractivity contribution in [1.82, 2.24) is 4.57 Å². The molecule has 2 aromatic heterocycles. The predicted octanol–water partition coefficient (Wildman–Crippen LogP) is 4.09. The Bertz CT molecular complexity index is 1700. The van der Waals surface area contributed by atoms with E-state index in [0.29, 0.717) is 52.9 Å². The topological polar surface area (TPSA) is 95.1 Å². The third kappa shape index (κ3) is 4.86. The maximum atomic E-state index is 13.8. The molecule has 0 saturated carbocycles. The number of aromatic nitrogens is 1. The van der Waals surface area contributed by atoms with Gasteiger partial charge in [-0.3, -0.25) is 14.2 Å². The van der Waals surface area contributed by atoms with Crippen molar-refractivity contribution in [2.45, 2.75) is 13.0 Å². The molecule has 37 heavy (non-hydrogen) atoms. The Kier molecular flexibility index (Phi) is 7.02. The second-order valence-electron chi connectivity index (χ2n) is 8.15. The zero-order valence-electron chi connectivity index (χ0n) is 20.2. The standard InChI is InChI=1S/C27H22IN3O5S/c1-15-23(25(32)30-16-7-5-4-6-8-16)24(19-11-9-17(34-2)13-20(19)35-3)31-26(33)21(37-27(31)29-15)14-18-10-12-22(28)36-18/h4-14,24H,1-3H3,(H,30,32)/b21-14-/t24-/m1/s1. The van der Waals surface area contributed by atoms with Crippen LogP contribution in [0.1, 0.15) is 24.3 Å². The molecular formula is C27H22IN3O5S. The molecule has 0 spiro atoms. The lowest BCUT2D eigenvalue weighted by molar-refractivity contribution is -0.113. The van der Waals surface area contributed by atoms with Crippen molar-refractivity contribution in [3.63, 3.8) is 0 Å². The SMILES string of the molecule is COc1ccc([C@@H]2C(C(=O)Nc3ccccc3)=C(C)N=c3s/c(=C\c4ccc(I)o4)c(=O)n32)c(OC)c1. The lowest BCUT2D eigenvalue weighted by Gasteiger charge is -2.26. The molecule has 8 nitrogen and oxygen atoms in total. The number of anilines is 1. The number of allylic oxidation sites excluding steroid dienone is 1. The Hall–Kier alpha value is -3.64. The Labute approximate surface area is 229 Å². The molecule has 0 aliphatic carbocycles. The highest BCUT2D eigenvalue weighted by Crippen LogP contribution is 2.37. The van der Waals surface area contributed by atoms with Gasteiger partial charge in [-0.1, -0.05) is 29.5 Å². The summed E-state index contributed by atoms with van der Waals surface area (Å²) in [5.41, 5.74) is 1.85. The van der Waals surface area contributed by atoms with E-state index in [1.807, 2.05) is 30.3 Å². The molecule has 188 valence electrons. The number of para-hydroxylation sites is 1. The maximum absolute atomic E-state index is 13.8. The summed E-state index contributed by atoms with van der Waals surface area (Å²) in [6.07, 6.45) is 1.69. The molecule has 4 aromatic rings. The summed E-state index contributed by atoms with van der Waals surface area (Å²) in [4.78, 5) is 32.6. The van der Waals surface area contributed by atoms with Gasteiger partial charge >= 0.3 is 0 Å². The first-order valence-corrected chi connectivity index (χ1v) is 13.2. The van der Waals surface area contributed by atoms with Gasteiger partial charge in [0.15, 0.2) is 8.57 Å². The predicted molar refractivity (Wildman–Crippen MR) is 150 cm³/mol. The van der Waals surface area contributed by atoms with Gasteiger partial charge in [0.2, 0.25) is 0 Å². The number of fused-ring (bicyclic) bond motifs is 1. The van der Waals surface area contributed by atoms with Gasteiger partial charge in [0, 0.05) is 23.4 Å². The highest BCUT2D eigenvalue weighted by Gasteiger charge is 2.34. The molecule has 10 heteroatoms. The molecule has 1 atom stereocenters. The van der Waals surface area contributed by atoms with E-state index >= 15 is 0 Å². The molecule has 0 radical (unpaired) electrons. The maximum Gasteiger partial charge on any atom is 0.271 e. The van der Waals surface area contributed by atoms with Gasteiger partial charge < -0.3 is 19.2 Å². The van der Waals surface area contributed by atoms with Crippen LogP contribution in [0.4, 0.5) is 5.69 Å². The van der Waals surface area contributed by atoms with Crippen molar-refractivity contribution in [1.29, 1.82) is 0 Å². The van der Waals surface area contributed by atoms with Crippen LogP contribution in [0.5, 0.6) is 11.5 Å². The van der Waals surface area contributed by atoms with Crippen LogP contribution in [0.15, 0.2) is 86.1 Å². The smallest absolute Gasteiger partial charge is 0.271 e. The number of thiazole rings is 1. The highest BCUT2D eigenvalue weighted by atomic mass is 127. The van der Waals surface area contributed by atoms with E-state index in [2.05, 4.69) is 32.9 Å². The van der Waals surface area contributed by atoms with Crippen LogP contribution in [0.3, 0.4) is 0 Å². The summed E-state index contributed by atoms with van der Waals surface area (Å²) in [5, 5.41) is 2.94. The zero-order valence-corrected chi connectivity index (χ0v) is 23.1. The number of benzene rings is 2. The molecule has 5 rings (SSSR count). The van der Waals surface area contributed by atoms with Crippen LogP contribution < -0.4 is 29.7 Å². The lowest BCUT2D eigenvalue weighted by atomic mass is 9.94. The molecule has 3 heterocycles. The van der Waals surface area contributed by atoms with Gasteiger partial charge in [-0.2, -0.15) is 0 Å². The molecule has 0 bridgehead atoms. The van der Waals surface area contributed by atoms with E-state index in [0.717, 1.165) is 0 Å². The Morgan fingerprint density at radius 3 is 2.59 bits per heavy atom. The molecular weight excluding hydrogens is 605 g/mol. The minimum Gasteiger partial charge on any atom is -0.497 e. The third-order valence-electron chi connectivity index (χ3n) is 5.90. The molecule has 1 amide bonds. The number of furan rings is 1. The summed E-state index contributed by atoms with van der Waals surface area (Å²) >= 11 is 3.32. The molecule has 0 unspecified atom stereocenters. The van der Waals surface area contributed by atoms with Crippen LogP contribution in [0.25, 0.3) is 6.08 Å². The van der Waals surface area contributed by atoms with Crippen molar-refractivity contribution in [3.05, 3.63) is 107 Å². The van der Waals surface area contributed by atoms with Crippen LogP contribution >= 0.6 is 33.9 Å². The van der Waals surface area contributed by atoms with Crippen LogP contribution in [0, 0.1) is 3.77 Å². The molecule has 2 aromatic carbocycles. The van der Waals surface area contributed by atoms with Crippen molar-refractivity contribution in [2.24, 2.45) is 4.99 Å². The zero-order chi connectivity index (χ0) is 26.1. The number of amides is 1. The van der Waals surface area contributed by atoms with E-state index in [9.17, 15) is 9.59 Å². The number of carbonyl (C=O) groups is 1. The van der Waals surface area contributed by atoms with Gasteiger partial charge in [0.25, 0.3) is 11.5 Å². The van der Waals surface area contributed by atoms with Crippen molar-refractivity contribution < 1.29 is 18.7 Å². The minimum atomic E-state index is -0.778. The molecule has 1 N–H and O–H groups in total. The average Bonchev–Trinajstić information content (AvgIpc) is 3.45. The minimum absolute atomic E-state index is 0.282. The van der Waals surface area contributed by atoms with Crippen molar-refractivity contribution in [3.8, 4) is 11.5 Å². The van der Waals surface area contributed by atoms with Gasteiger partial charge in [0.1, 0.15) is 23.3 Å². The quantitative estimate of drug-likeness (QED) is 0.325. The van der Waals surface area contributed by atoms with E-state index in [-0.39, 0.29) is 11.5 Å². The number of nitrogens with zero attached hydrogens (tertiary/aromatic N) is 2. The van der Waals surface area contributed by atoms with Crippen LogP contribution in [-0.2, 0) is 4.79 Å². The number of ether oxygens (including phenoxy) is 2. The molecule has 1 aliphatic rings. The van der Waals surface area contributed by atoms with Crippen molar-refractivity contribution in [2.75, 3.05) is 19.5 Å². The number of halogens is 1. The van der Waals surface area contributed by atoms with Crippen LogP contribution in [-0.4, -0.2) is 24.7 Å². The van der Waals surface area contributed by atoms with E-state index in [1.165, 1.54) is 11.3 Å². The molecule has 1 aliphatic heterocycles. The number of carbonyl (C=O) groups excluding carboxylic acids is 1. The summed E-state index contributed by atoms with van der Waals surface area (Å²) in [6, 6.07) is 17.3. The summed E-state index contributed by atoms with van der Waals surface area (Å²) in [5.74, 6) is 1.28. The number of hydrogen-bond acceptors (Lipinski definition) is 7. The Balaban J connectivity index is 1.72. The van der Waals surface area contributed by atoms with E-state index in [1.54, 1.807) is 62.1 Å². The number of methoxy groups -OCH3 is 2. The monoisotopic (exact) mass is 627 g/mol. The Morgan fingerprint density at radius 2 is 1.92 bits per heavy atom. The fourth-order valence-corrected chi connectivity index (χ4v) is 5.67. The first kappa shape index (κ1) is 25.0. The largest absolute Gasteiger partial charge is 0.497 e. The Morgan fingerprint density at radius 1 is 1.14 bits per heavy atom. The summed E-state index contributed by atoms with van der Waals surface area (Å²) < 4.78 is 19.4. The fourth-order valence-electron chi connectivity index (χ4n) is 4.21. The third-order valence-corrected chi connectivity index (χ3v) is 7.46. The van der Waals surface area contributed by atoms with Gasteiger partial charge in [-0.05, 0) is 65.9 Å². The van der Waals surface area contributed by atoms with Crippen molar-refractivity contribution >= 4 is 51.6 Å². The van der Waals surface area contributed by atoms with E-state index in [4.69, 9.17) is 13.9 Å². The van der Waals surface area contributed by atoms with Gasteiger partial charge in [-0.25, -0.2) is 4.99 Å². The lowest BCUT2D eigenvalue weighted by Crippen LogP contribution is -2.40. The highest BCUT2D eigenvalue weighted by molar-refractivity contribution is 14.1. The second-order valence-corrected chi connectivity index (χ2v) is 10.2. The van der Waals surface area contributed by atoms with E-state index < -0.39 is 6.04 Å². The van der Waals surface area contributed by atoms with Gasteiger partial charge in [0.05, 0.1) is 30.0 Å². The first-order chi connectivity index (χ1) is 17.9. The van der Waals surface area contributed by atoms with Gasteiger partial charge in [-0.15, -0.1) is 0 Å². The number of nitrogens with one attached hydrogen (secondary N) is 1.